The Morgan fingerprint density at radius 1 is 0.963 bits per heavy atom. The maximum atomic E-state index is 12.8. The van der Waals surface area contributed by atoms with Crippen LogP contribution in [0.1, 0.15) is 49.0 Å². The topological polar surface area (TPSA) is 53.5 Å². The number of thiazole rings is 1. The molecule has 2 aromatic rings. The first kappa shape index (κ1) is 18.6. The summed E-state index contributed by atoms with van der Waals surface area (Å²) in [5.41, 5.74) is 1.60. The fourth-order valence-corrected chi connectivity index (χ4v) is 5.44. The Balaban J connectivity index is 1.33. The number of piperidine rings is 1. The molecule has 0 aliphatic carbocycles. The van der Waals surface area contributed by atoms with E-state index in [1.807, 2.05) is 27.1 Å². The number of likely N-dealkylation sites (tertiary alicyclic amines) is 2. The minimum atomic E-state index is -0.00611. The van der Waals surface area contributed by atoms with Gasteiger partial charge in [0, 0.05) is 48.4 Å². The molecule has 4 heterocycles. The van der Waals surface area contributed by atoms with E-state index in [1.54, 1.807) is 11.3 Å². The molecular formula is C20H25N3O2S2. The van der Waals surface area contributed by atoms with E-state index in [9.17, 15) is 9.59 Å². The fraction of sp³-hybridized carbons (Fsp3) is 0.550. The van der Waals surface area contributed by atoms with Crippen molar-refractivity contribution < 1.29 is 9.59 Å². The third-order valence-electron chi connectivity index (χ3n) is 5.54. The highest BCUT2D eigenvalue weighted by atomic mass is 32.1. The summed E-state index contributed by atoms with van der Waals surface area (Å²) < 4.78 is 0. The van der Waals surface area contributed by atoms with Crippen LogP contribution in [0.5, 0.6) is 0 Å². The van der Waals surface area contributed by atoms with Crippen LogP contribution < -0.4 is 0 Å². The molecule has 2 saturated heterocycles. The van der Waals surface area contributed by atoms with E-state index in [0.717, 1.165) is 49.3 Å². The van der Waals surface area contributed by atoms with E-state index in [2.05, 4.69) is 9.88 Å². The molecule has 4 rings (SSSR count). The average molecular weight is 404 g/mol. The van der Waals surface area contributed by atoms with Crippen LogP contribution >= 0.6 is 22.7 Å². The van der Waals surface area contributed by atoms with Crippen molar-refractivity contribution in [2.24, 2.45) is 5.92 Å². The molecule has 2 aromatic heterocycles. The smallest absolute Gasteiger partial charge is 0.273 e. The summed E-state index contributed by atoms with van der Waals surface area (Å²) in [6, 6.07) is 2.03. The number of hydrogen-bond acceptors (Lipinski definition) is 5. The zero-order valence-corrected chi connectivity index (χ0v) is 17.1. The first-order valence-corrected chi connectivity index (χ1v) is 11.6. The van der Waals surface area contributed by atoms with Gasteiger partial charge >= 0.3 is 0 Å². The Labute approximate surface area is 168 Å². The molecule has 0 saturated carbocycles. The van der Waals surface area contributed by atoms with Crippen LogP contribution in [0.4, 0.5) is 0 Å². The highest BCUT2D eigenvalue weighted by Gasteiger charge is 2.31. The maximum Gasteiger partial charge on any atom is 0.273 e. The largest absolute Gasteiger partial charge is 0.342 e. The molecule has 2 aliphatic heterocycles. The predicted octanol–water partition coefficient (Wildman–Crippen LogP) is 4.13. The van der Waals surface area contributed by atoms with Crippen LogP contribution in [-0.2, 0) is 4.79 Å². The summed E-state index contributed by atoms with van der Waals surface area (Å²) in [4.78, 5) is 34.0. The summed E-state index contributed by atoms with van der Waals surface area (Å²) in [7, 11) is 0. The molecule has 27 heavy (non-hydrogen) atoms. The first-order valence-electron chi connectivity index (χ1n) is 9.78. The van der Waals surface area contributed by atoms with Crippen molar-refractivity contribution >= 4 is 34.5 Å². The molecule has 144 valence electrons. The highest BCUT2D eigenvalue weighted by Crippen LogP contribution is 2.27. The van der Waals surface area contributed by atoms with Gasteiger partial charge in [0.05, 0.1) is 0 Å². The number of nitrogens with zero attached hydrogens (tertiary/aromatic N) is 3. The number of aromatic nitrogens is 1. The SMILES string of the molecule is O=C(c1csc(-c2ccsc2)n1)N1CCC(C(=O)N2CCCCCC2)CC1. The standard InChI is InChI=1S/C20H25N3O2S2/c24-19(22-8-3-1-2-4-9-22)15-5-10-23(11-6-15)20(25)17-14-27-18(21-17)16-7-12-26-13-16/h7,12-15H,1-6,8-11H2. The molecule has 0 spiro atoms. The van der Waals surface area contributed by atoms with Crippen molar-refractivity contribution in [2.45, 2.75) is 38.5 Å². The van der Waals surface area contributed by atoms with Gasteiger partial charge in [-0.1, -0.05) is 12.8 Å². The number of carbonyl (C=O) groups is 2. The summed E-state index contributed by atoms with van der Waals surface area (Å²) >= 11 is 3.14. The van der Waals surface area contributed by atoms with Crippen LogP contribution in [0.2, 0.25) is 0 Å². The minimum Gasteiger partial charge on any atom is -0.342 e. The summed E-state index contributed by atoms with van der Waals surface area (Å²) in [5, 5.41) is 6.81. The summed E-state index contributed by atoms with van der Waals surface area (Å²) in [6.07, 6.45) is 6.25. The molecule has 0 atom stereocenters. The lowest BCUT2D eigenvalue weighted by molar-refractivity contribution is -0.136. The fourth-order valence-electron chi connectivity index (χ4n) is 3.93. The number of hydrogen-bond donors (Lipinski definition) is 0. The summed E-state index contributed by atoms with van der Waals surface area (Å²) in [5.74, 6) is 0.370. The molecule has 0 unspecified atom stereocenters. The van der Waals surface area contributed by atoms with Crippen molar-refractivity contribution in [1.29, 1.82) is 0 Å². The van der Waals surface area contributed by atoms with Gasteiger partial charge in [0.25, 0.3) is 5.91 Å². The van der Waals surface area contributed by atoms with Crippen LogP contribution in [0.15, 0.2) is 22.2 Å². The van der Waals surface area contributed by atoms with Gasteiger partial charge in [0.15, 0.2) is 0 Å². The Bertz CT molecular complexity index is 771. The zero-order valence-electron chi connectivity index (χ0n) is 15.4. The van der Waals surface area contributed by atoms with E-state index in [4.69, 9.17) is 0 Å². The van der Waals surface area contributed by atoms with E-state index >= 15 is 0 Å². The Hall–Kier alpha value is -1.73. The Morgan fingerprint density at radius 3 is 2.37 bits per heavy atom. The molecule has 5 nitrogen and oxygen atoms in total. The van der Waals surface area contributed by atoms with Gasteiger partial charge in [-0.05, 0) is 37.1 Å². The monoisotopic (exact) mass is 403 g/mol. The number of amides is 2. The second kappa shape index (κ2) is 8.52. The van der Waals surface area contributed by atoms with Crippen molar-refractivity contribution in [3.63, 3.8) is 0 Å². The second-order valence-electron chi connectivity index (χ2n) is 7.36. The third-order valence-corrected chi connectivity index (χ3v) is 7.12. The quantitative estimate of drug-likeness (QED) is 0.774. The number of carbonyl (C=O) groups excluding carboxylic acids is 2. The van der Waals surface area contributed by atoms with Crippen molar-refractivity contribution in [3.8, 4) is 10.6 Å². The van der Waals surface area contributed by atoms with Crippen LogP contribution in [0, 0.1) is 5.92 Å². The first-order chi connectivity index (χ1) is 13.2. The van der Waals surface area contributed by atoms with Gasteiger partial charge in [-0.25, -0.2) is 4.98 Å². The van der Waals surface area contributed by atoms with Crippen molar-refractivity contribution in [3.05, 3.63) is 27.9 Å². The lowest BCUT2D eigenvalue weighted by Gasteiger charge is -2.33. The molecule has 0 N–H and O–H groups in total. The third kappa shape index (κ3) is 4.24. The van der Waals surface area contributed by atoms with Gasteiger partial charge in [-0.2, -0.15) is 11.3 Å². The Kier molecular flexibility index (Phi) is 5.88. The number of rotatable bonds is 3. The van der Waals surface area contributed by atoms with E-state index < -0.39 is 0 Å². The molecular weight excluding hydrogens is 378 g/mol. The van der Waals surface area contributed by atoms with Crippen LogP contribution in [0.3, 0.4) is 0 Å². The zero-order chi connectivity index (χ0) is 18.6. The molecule has 0 aromatic carbocycles. The molecule has 2 aliphatic rings. The second-order valence-corrected chi connectivity index (χ2v) is 8.99. The molecule has 2 fully saturated rings. The lowest BCUT2D eigenvalue weighted by atomic mass is 9.95. The van der Waals surface area contributed by atoms with Gasteiger partial charge in [0.1, 0.15) is 10.7 Å². The maximum absolute atomic E-state index is 12.8. The van der Waals surface area contributed by atoms with Crippen LogP contribution in [0.25, 0.3) is 10.6 Å². The normalized spacial score (nSPS) is 19.1. The molecule has 2 amide bonds. The van der Waals surface area contributed by atoms with Gasteiger partial charge in [-0.15, -0.1) is 11.3 Å². The van der Waals surface area contributed by atoms with E-state index in [1.165, 1.54) is 24.2 Å². The van der Waals surface area contributed by atoms with Gasteiger partial charge < -0.3 is 9.80 Å². The summed E-state index contributed by atoms with van der Waals surface area (Å²) in [6.45, 7) is 3.10. The lowest BCUT2D eigenvalue weighted by Crippen LogP contribution is -2.44. The molecule has 7 heteroatoms. The highest BCUT2D eigenvalue weighted by molar-refractivity contribution is 7.14. The minimum absolute atomic E-state index is 0.00611. The average Bonchev–Trinajstić information content (AvgIpc) is 3.34. The predicted molar refractivity (Wildman–Crippen MR) is 109 cm³/mol. The van der Waals surface area contributed by atoms with Gasteiger partial charge in [-0.3, -0.25) is 9.59 Å². The number of thiophene rings is 1. The molecule has 0 bridgehead atoms. The van der Waals surface area contributed by atoms with Crippen LogP contribution in [-0.4, -0.2) is 52.8 Å². The van der Waals surface area contributed by atoms with E-state index in [-0.39, 0.29) is 11.8 Å². The van der Waals surface area contributed by atoms with E-state index in [0.29, 0.717) is 24.7 Å². The van der Waals surface area contributed by atoms with Crippen molar-refractivity contribution in [2.75, 3.05) is 26.2 Å². The molecule has 0 radical (unpaired) electrons. The Morgan fingerprint density at radius 2 is 1.70 bits per heavy atom. The van der Waals surface area contributed by atoms with Crippen molar-refractivity contribution in [1.82, 2.24) is 14.8 Å². The van der Waals surface area contributed by atoms with Gasteiger partial charge in [0.2, 0.25) is 5.91 Å².